The van der Waals surface area contributed by atoms with Gasteiger partial charge in [0.25, 0.3) is 0 Å². The number of hydrogen-bond acceptors (Lipinski definition) is 6. The molecule has 2 aromatic rings. The van der Waals surface area contributed by atoms with E-state index in [1.54, 1.807) is 0 Å². The van der Waals surface area contributed by atoms with Crippen molar-refractivity contribution >= 4 is 11.9 Å². The summed E-state index contributed by atoms with van der Waals surface area (Å²) in [7, 11) is 1.54. The van der Waals surface area contributed by atoms with Crippen LogP contribution < -0.4 is 10.1 Å². The van der Waals surface area contributed by atoms with E-state index in [0.29, 0.717) is 0 Å². The minimum Gasteiger partial charge on any atom is -0.488 e. The van der Waals surface area contributed by atoms with Gasteiger partial charge in [0, 0.05) is 11.5 Å². The molecule has 1 unspecified atom stereocenters. The predicted molar refractivity (Wildman–Crippen MR) is 106 cm³/mol. The fraction of sp³-hybridized carbons (Fsp3) is 0.550. The summed E-state index contributed by atoms with van der Waals surface area (Å²) in [5, 5.41) is 23.3. The molecule has 0 aliphatic carbocycles. The monoisotopic (exact) mass is 403 g/mol. The number of carbonyl (C=O) groups excluding carboxylic acids is 1. The zero-order valence-electron chi connectivity index (χ0n) is 17.4. The number of carbonyl (C=O) groups is 2. The summed E-state index contributed by atoms with van der Waals surface area (Å²) in [4.78, 5) is 25.1. The van der Waals surface area contributed by atoms with Crippen LogP contribution in [0.4, 0.5) is 0 Å². The van der Waals surface area contributed by atoms with Crippen LogP contribution in [0.5, 0.6) is 5.75 Å². The minimum absolute atomic E-state index is 0.0300. The smallest absolute Gasteiger partial charge is 0.337 e. The number of rotatable bonds is 8. The Kier molecular flexibility index (Phi) is 7.69. The van der Waals surface area contributed by atoms with Gasteiger partial charge in [0.05, 0.1) is 7.05 Å². The standard InChI is InChI=1S/C13H23N5O3.C7H6O/c1-5-7-9(8-6-2)10(19)14-13(3,12(20)21)11-15-17-18(4)16-11;1-2-4-7-6(3-1)5-8-7/h9H,5-8H2,1-4H3,(H,14,19)(H,20,21);1-4H,5H2. The summed E-state index contributed by atoms with van der Waals surface area (Å²) in [6.07, 6.45) is 3.18. The van der Waals surface area contributed by atoms with E-state index in [-0.39, 0.29) is 17.6 Å². The van der Waals surface area contributed by atoms with Crippen molar-refractivity contribution in [3.63, 3.8) is 0 Å². The lowest BCUT2D eigenvalue weighted by Gasteiger charge is -2.25. The Morgan fingerprint density at radius 3 is 2.31 bits per heavy atom. The van der Waals surface area contributed by atoms with Gasteiger partial charge < -0.3 is 15.2 Å². The lowest BCUT2D eigenvalue weighted by Crippen LogP contribution is -2.52. The summed E-state index contributed by atoms with van der Waals surface area (Å²) in [5.41, 5.74) is -0.349. The molecule has 9 heteroatoms. The van der Waals surface area contributed by atoms with Crippen molar-refractivity contribution in [3.05, 3.63) is 35.7 Å². The van der Waals surface area contributed by atoms with Crippen LogP contribution in [0.2, 0.25) is 0 Å². The number of amides is 1. The quantitative estimate of drug-likeness (QED) is 0.694. The first-order valence-electron chi connectivity index (χ1n) is 9.82. The van der Waals surface area contributed by atoms with Gasteiger partial charge in [-0.05, 0) is 31.0 Å². The Morgan fingerprint density at radius 2 is 1.93 bits per heavy atom. The van der Waals surface area contributed by atoms with Crippen molar-refractivity contribution in [2.24, 2.45) is 13.0 Å². The second kappa shape index (κ2) is 9.99. The molecular weight excluding hydrogens is 374 g/mol. The van der Waals surface area contributed by atoms with Crippen LogP contribution in [0.3, 0.4) is 0 Å². The summed E-state index contributed by atoms with van der Waals surface area (Å²) in [6, 6.07) is 8.08. The third-order valence-electron chi connectivity index (χ3n) is 4.76. The highest BCUT2D eigenvalue weighted by Gasteiger charge is 2.42. The highest BCUT2D eigenvalue weighted by molar-refractivity contribution is 5.88. The van der Waals surface area contributed by atoms with E-state index < -0.39 is 11.5 Å². The fourth-order valence-corrected chi connectivity index (χ4v) is 2.98. The van der Waals surface area contributed by atoms with E-state index in [1.165, 1.54) is 19.5 Å². The molecule has 158 valence electrons. The van der Waals surface area contributed by atoms with Gasteiger partial charge in [0.2, 0.25) is 11.7 Å². The molecule has 0 saturated heterocycles. The van der Waals surface area contributed by atoms with Gasteiger partial charge in [-0.2, -0.15) is 4.80 Å². The number of ether oxygens (including phenoxy) is 1. The van der Waals surface area contributed by atoms with E-state index in [2.05, 4.69) is 26.8 Å². The lowest BCUT2D eigenvalue weighted by molar-refractivity contribution is -0.148. The number of aryl methyl sites for hydroxylation is 1. The number of carboxylic acid groups (broad SMARTS) is 1. The van der Waals surface area contributed by atoms with Gasteiger partial charge in [0.1, 0.15) is 12.4 Å². The first kappa shape index (κ1) is 22.3. The highest BCUT2D eigenvalue weighted by Crippen LogP contribution is 2.27. The van der Waals surface area contributed by atoms with Crippen LogP contribution in [0.15, 0.2) is 24.3 Å². The molecule has 0 saturated carbocycles. The number of para-hydroxylation sites is 1. The van der Waals surface area contributed by atoms with Crippen molar-refractivity contribution < 1.29 is 19.4 Å². The van der Waals surface area contributed by atoms with Crippen LogP contribution in [-0.4, -0.2) is 37.2 Å². The number of fused-ring (bicyclic) bond motifs is 1. The molecule has 1 aromatic carbocycles. The van der Waals surface area contributed by atoms with E-state index in [4.69, 9.17) is 4.74 Å². The summed E-state index contributed by atoms with van der Waals surface area (Å²) < 4.78 is 5.08. The molecule has 29 heavy (non-hydrogen) atoms. The lowest BCUT2D eigenvalue weighted by atomic mass is 9.94. The van der Waals surface area contributed by atoms with Gasteiger partial charge >= 0.3 is 5.97 Å². The van der Waals surface area contributed by atoms with Gasteiger partial charge in [-0.3, -0.25) is 4.79 Å². The minimum atomic E-state index is -1.68. The van der Waals surface area contributed by atoms with E-state index in [0.717, 1.165) is 42.8 Å². The molecule has 0 spiro atoms. The Labute approximate surface area is 170 Å². The van der Waals surface area contributed by atoms with Crippen LogP contribution in [0, 0.1) is 5.92 Å². The van der Waals surface area contributed by atoms with E-state index >= 15 is 0 Å². The molecule has 3 rings (SSSR count). The first-order chi connectivity index (χ1) is 13.8. The molecule has 0 fully saturated rings. The molecule has 1 aromatic heterocycles. The fourth-order valence-electron chi connectivity index (χ4n) is 2.98. The Morgan fingerprint density at radius 1 is 1.28 bits per heavy atom. The second-order valence-corrected chi connectivity index (χ2v) is 7.19. The van der Waals surface area contributed by atoms with Crippen molar-refractivity contribution in [2.45, 2.75) is 58.6 Å². The maximum atomic E-state index is 12.4. The van der Waals surface area contributed by atoms with Crippen molar-refractivity contribution in [2.75, 3.05) is 0 Å². The Balaban J connectivity index is 0.000000305. The molecule has 2 N–H and O–H groups in total. The Hall–Kier alpha value is -2.97. The number of benzene rings is 1. The number of carboxylic acids is 1. The zero-order valence-corrected chi connectivity index (χ0v) is 17.4. The van der Waals surface area contributed by atoms with Crippen LogP contribution >= 0.6 is 0 Å². The van der Waals surface area contributed by atoms with Gasteiger partial charge in [-0.25, -0.2) is 4.79 Å². The molecule has 1 aliphatic rings. The largest absolute Gasteiger partial charge is 0.488 e. The van der Waals surface area contributed by atoms with Crippen molar-refractivity contribution in [3.8, 4) is 5.75 Å². The summed E-state index contributed by atoms with van der Waals surface area (Å²) in [6.45, 7) is 6.17. The first-order valence-corrected chi connectivity index (χ1v) is 9.82. The molecule has 1 atom stereocenters. The number of nitrogens with zero attached hydrogens (tertiary/aromatic N) is 4. The SMILES string of the molecule is CCCC(CCC)C(=O)NC(C)(C(=O)O)c1nnn(C)n1.c1ccc2c(c1)CO2. The number of aliphatic carboxylic acids is 1. The predicted octanol–water partition coefficient (Wildman–Crippen LogP) is 2.42. The third kappa shape index (κ3) is 5.52. The average Bonchev–Trinajstić information content (AvgIpc) is 3.10. The molecule has 9 nitrogen and oxygen atoms in total. The topological polar surface area (TPSA) is 119 Å². The molecule has 0 radical (unpaired) electrons. The van der Waals surface area contributed by atoms with Crippen LogP contribution in [-0.2, 0) is 28.8 Å². The number of nitrogens with one attached hydrogen (secondary N) is 1. The maximum Gasteiger partial charge on any atom is 0.337 e. The zero-order chi connectivity index (χ0) is 21.4. The van der Waals surface area contributed by atoms with Crippen molar-refractivity contribution in [1.82, 2.24) is 25.5 Å². The van der Waals surface area contributed by atoms with Crippen LogP contribution in [0.1, 0.15) is 57.8 Å². The number of hydrogen-bond donors (Lipinski definition) is 2. The third-order valence-corrected chi connectivity index (χ3v) is 4.76. The molecule has 1 amide bonds. The van der Waals surface area contributed by atoms with Gasteiger partial charge in [-0.15, -0.1) is 10.2 Å². The maximum absolute atomic E-state index is 12.4. The highest BCUT2D eigenvalue weighted by atomic mass is 16.5. The van der Waals surface area contributed by atoms with Gasteiger partial charge in [0.15, 0.2) is 5.54 Å². The molecular formula is C20H29N5O4. The van der Waals surface area contributed by atoms with Crippen molar-refractivity contribution in [1.29, 1.82) is 0 Å². The normalized spacial score (nSPS) is 13.8. The summed E-state index contributed by atoms with van der Waals surface area (Å²) in [5.74, 6) is -0.674. The molecule has 2 heterocycles. The van der Waals surface area contributed by atoms with Crippen LogP contribution in [0.25, 0.3) is 0 Å². The number of aromatic nitrogens is 4. The second-order valence-electron chi connectivity index (χ2n) is 7.19. The molecule has 1 aliphatic heterocycles. The Bertz CT molecular complexity index is 809. The van der Waals surface area contributed by atoms with Gasteiger partial charge in [-0.1, -0.05) is 44.9 Å². The average molecular weight is 403 g/mol. The number of tetrazole rings is 1. The van der Waals surface area contributed by atoms with E-state index in [9.17, 15) is 14.7 Å². The summed E-state index contributed by atoms with van der Waals surface area (Å²) >= 11 is 0. The molecule has 0 bridgehead atoms. The van der Waals surface area contributed by atoms with E-state index in [1.807, 2.05) is 32.0 Å².